The second-order valence-corrected chi connectivity index (χ2v) is 5.44. The predicted octanol–water partition coefficient (Wildman–Crippen LogP) is 0.579. The first-order valence-electron chi connectivity index (χ1n) is 7.81. The number of amides is 1. The lowest BCUT2D eigenvalue weighted by Gasteiger charge is -2.26. The van der Waals surface area contributed by atoms with Crippen LogP contribution in [-0.4, -0.2) is 65.3 Å². The molecule has 0 atom stereocenters. The molecule has 128 valence electrons. The summed E-state index contributed by atoms with van der Waals surface area (Å²) >= 11 is 0. The molecule has 24 heavy (non-hydrogen) atoms. The number of aryl methyl sites for hydroxylation is 1. The molecule has 0 spiro atoms. The summed E-state index contributed by atoms with van der Waals surface area (Å²) in [5, 5.41) is 9.60. The predicted molar refractivity (Wildman–Crippen MR) is 86.1 cm³/mol. The van der Waals surface area contributed by atoms with Gasteiger partial charge < -0.3 is 19.9 Å². The molecule has 0 aliphatic carbocycles. The molecule has 1 saturated heterocycles. The number of ether oxygens (including phenoxy) is 1. The van der Waals surface area contributed by atoms with E-state index < -0.39 is 0 Å². The van der Waals surface area contributed by atoms with Crippen molar-refractivity contribution in [1.82, 2.24) is 25.3 Å². The number of carbonyl (C=O) groups excluding carboxylic acids is 1. The number of anilines is 2. The van der Waals surface area contributed by atoms with Crippen molar-refractivity contribution in [2.75, 3.05) is 44.7 Å². The molecule has 3 rings (SSSR count). The Morgan fingerprint density at radius 1 is 1.25 bits per heavy atom. The lowest BCUT2D eigenvalue weighted by molar-refractivity contribution is 0.0383. The molecule has 0 aromatic carbocycles. The van der Waals surface area contributed by atoms with Crippen LogP contribution in [0.4, 0.5) is 11.6 Å². The molecular formula is C15H20N6O3. The summed E-state index contributed by atoms with van der Waals surface area (Å²) in [7, 11) is 0. The van der Waals surface area contributed by atoms with Crippen molar-refractivity contribution in [2.45, 2.75) is 6.92 Å². The molecule has 9 nitrogen and oxygen atoms in total. The number of morpholine rings is 1. The third-order valence-corrected chi connectivity index (χ3v) is 3.59. The third-order valence-electron chi connectivity index (χ3n) is 3.59. The number of rotatable bonds is 6. The maximum atomic E-state index is 12.1. The maximum absolute atomic E-state index is 12.1. The zero-order chi connectivity index (χ0) is 16.8. The Kier molecular flexibility index (Phi) is 5.34. The van der Waals surface area contributed by atoms with E-state index in [0.29, 0.717) is 23.9 Å². The minimum absolute atomic E-state index is 0.236. The summed E-state index contributed by atoms with van der Waals surface area (Å²) in [6, 6.07) is 1.74. The van der Waals surface area contributed by atoms with Gasteiger partial charge in [0.05, 0.1) is 25.6 Å². The fourth-order valence-electron chi connectivity index (χ4n) is 2.31. The Bertz CT molecular complexity index is 666. The van der Waals surface area contributed by atoms with Crippen LogP contribution in [0.15, 0.2) is 23.0 Å². The monoisotopic (exact) mass is 332 g/mol. The minimum Gasteiger partial charge on any atom is -0.379 e. The molecule has 1 aliphatic heterocycles. The van der Waals surface area contributed by atoms with Gasteiger partial charge in [-0.05, 0) is 6.92 Å². The molecule has 0 radical (unpaired) electrons. The van der Waals surface area contributed by atoms with Gasteiger partial charge in [0.2, 0.25) is 0 Å². The summed E-state index contributed by atoms with van der Waals surface area (Å²) in [5.41, 5.74) is 0.277. The van der Waals surface area contributed by atoms with Crippen molar-refractivity contribution >= 4 is 17.5 Å². The highest BCUT2D eigenvalue weighted by Crippen LogP contribution is 2.13. The lowest BCUT2D eigenvalue weighted by Crippen LogP contribution is -2.41. The third kappa shape index (κ3) is 4.49. The fourth-order valence-corrected chi connectivity index (χ4v) is 2.31. The Morgan fingerprint density at radius 3 is 2.75 bits per heavy atom. The first-order valence-corrected chi connectivity index (χ1v) is 7.81. The topological polar surface area (TPSA) is 105 Å². The average molecular weight is 332 g/mol. The number of aromatic nitrogens is 3. The van der Waals surface area contributed by atoms with Crippen molar-refractivity contribution in [3.63, 3.8) is 0 Å². The van der Waals surface area contributed by atoms with E-state index in [-0.39, 0.29) is 11.6 Å². The highest BCUT2D eigenvalue weighted by molar-refractivity contribution is 5.92. The summed E-state index contributed by atoms with van der Waals surface area (Å²) < 4.78 is 10.2. The molecule has 3 heterocycles. The van der Waals surface area contributed by atoms with Crippen molar-refractivity contribution in [2.24, 2.45) is 0 Å². The molecule has 1 aliphatic rings. The second kappa shape index (κ2) is 7.84. The van der Waals surface area contributed by atoms with Crippen LogP contribution in [0.25, 0.3) is 0 Å². The van der Waals surface area contributed by atoms with Gasteiger partial charge >= 0.3 is 0 Å². The van der Waals surface area contributed by atoms with Crippen molar-refractivity contribution in [3.8, 4) is 0 Å². The SMILES string of the molecule is Cc1cc(Nc2cnc(C(=O)NCCN3CCOCC3)cn2)no1. The second-order valence-electron chi connectivity index (χ2n) is 5.44. The molecular weight excluding hydrogens is 312 g/mol. The molecule has 1 amide bonds. The van der Waals surface area contributed by atoms with Crippen LogP contribution in [-0.2, 0) is 4.74 Å². The molecule has 0 unspecified atom stereocenters. The number of hydrogen-bond donors (Lipinski definition) is 2. The summed E-state index contributed by atoms with van der Waals surface area (Å²) in [4.78, 5) is 22.6. The first kappa shape index (κ1) is 16.3. The molecule has 2 aromatic heterocycles. The number of hydrogen-bond acceptors (Lipinski definition) is 8. The van der Waals surface area contributed by atoms with E-state index in [1.165, 1.54) is 12.4 Å². The van der Waals surface area contributed by atoms with Gasteiger partial charge in [0.1, 0.15) is 17.3 Å². The van der Waals surface area contributed by atoms with Crippen LogP contribution >= 0.6 is 0 Å². The van der Waals surface area contributed by atoms with Crippen LogP contribution in [0.1, 0.15) is 16.2 Å². The summed E-state index contributed by atoms with van der Waals surface area (Å²) in [6.07, 6.45) is 2.92. The number of carbonyl (C=O) groups is 1. The standard InChI is InChI=1S/C15H20N6O3/c1-11-8-13(20-24-11)19-14-10-17-12(9-18-14)15(22)16-2-3-21-4-6-23-7-5-21/h8-10H,2-7H2,1H3,(H,16,22)(H,18,19,20). The molecule has 2 aromatic rings. The Balaban J connectivity index is 1.46. The maximum Gasteiger partial charge on any atom is 0.271 e. The first-order chi connectivity index (χ1) is 11.7. The van der Waals surface area contributed by atoms with Crippen LogP contribution in [0, 0.1) is 6.92 Å². The van der Waals surface area contributed by atoms with Crippen molar-refractivity contribution in [3.05, 3.63) is 29.9 Å². The van der Waals surface area contributed by atoms with E-state index in [0.717, 1.165) is 32.8 Å². The summed E-state index contributed by atoms with van der Waals surface area (Å²) in [5.74, 6) is 1.50. The van der Waals surface area contributed by atoms with Crippen LogP contribution in [0.2, 0.25) is 0 Å². The Hall–Kier alpha value is -2.52. The fraction of sp³-hybridized carbons (Fsp3) is 0.467. The average Bonchev–Trinajstić information content (AvgIpc) is 3.01. The van der Waals surface area contributed by atoms with Gasteiger partial charge in [0, 0.05) is 32.2 Å². The molecule has 9 heteroatoms. The van der Waals surface area contributed by atoms with Crippen LogP contribution in [0.3, 0.4) is 0 Å². The zero-order valence-electron chi connectivity index (χ0n) is 13.5. The van der Waals surface area contributed by atoms with Gasteiger partial charge in [0.25, 0.3) is 5.91 Å². The zero-order valence-corrected chi connectivity index (χ0v) is 13.5. The molecule has 2 N–H and O–H groups in total. The highest BCUT2D eigenvalue weighted by atomic mass is 16.5. The van der Waals surface area contributed by atoms with E-state index in [1.807, 2.05) is 0 Å². The van der Waals surface area contributed by atoms with Gasteiger partial charge in [0.15, 0.2) is 5.82 Å². The highest BCUT2D eigenvalue weighted by Gasteiger charge is 2.12. The number of nitrogens with one attached hydrogen (secondary N) is 2. The van der Waals surface area contributed by atoms with Crippen molar-refractivity contribution in [1.29, 1.82) is 0 Å². The Morgan fingerprint density at radius 2 is 2.08 bits per heavy atom. The Labute approximate surface area is 139 Å². The van der Waals surface area contributed by atoms with Gasteiger partial charge in [-0.1, -0.05) is 5.16 Å². The van der Waals surface area contributed by atoms with E-state index in [9.17, 15) is 4.79 Å². The smallest absolute Gasteiger partial charge is 0.271 e. The summed E-state index contributed by atoms with van der Waals surface area (Å²) in [6.45, 7) is 6.47. The minimum atomic E-state index is -0.236. The molecule has 0 bridgehead atoms. The van der Waals surface area contributed by atoms with Crippen LogP contribution in [0.5, 0.6) is 0 Å². The van der Waals surface area contributed by atoms with Gasteiger partial charge in [-0.15, -0.1) is 0 Å². The van der Waals surface area contributed by atoms with Gasteiger partial charge in [-0.3, -0.25) is 9.69 Å². The molecule has 1 fully saturated rings. The van der Waals surface area contributed by atoms with Crippen LogP contribution < -0.4 is 10.6 Å². The van der Waals surface area contributed by atoms with E-state index >= 15 is 0 Å². The van der Waals surface area contributed by atoms with E-state index in [1.54, 1.807) is 13.0 Å². The lowest BCUT2D eigenvalue weighted by atomic mass is 10.4. The quantitative estimate of drug-likeness (QED) is 0.791. The van der Waals surface area contributed by atoms with Gasteiger partial charge in [-0.25, -0.2) is 9.97 Å². The normalized spacial score (nSPS) is 15.2. The number of nitrogens with zero attached hydrogens (tertiary/aromatic N) is 4. The van der Waals surface area contributed by atoms with E-state index in [2.05, 4.69) is 30.7 Å². The largest absolute Gasteiger partial charge is 0.379 e. The van der Waals surface area contributed by atoms with Gasteiger partial charge in [-0.2, -0.15) is 0 Å². The van der Waals surface area contributed by atoms with Crippen molar-refractivity contribution < 1.29 is 14.1 Å². The molecule has 0 saturated carbocycles. The van der Waals surface area contributed by atoms with E-state index in [4.69, 9.17) is 9.26 Å².